The zero-order valence-electron chi connectivity index (χ0n) is 16.8. The summed E-state index contributed by atoms with van der Waals surface area (Å²) in [6, 6.07) is 6.50. The molecule has 0 atom stereocenters. The van der Waals surface area contributed by atoms with E-state index >= 15 is 0 Å². The van der Waals surface area contributed by atoms with E-state index in [9.17, 15) is 4.79 Å². The Morgan fingerprint density at radius 2 is 1.85 bits per heavy atom. The highest BCUT2D eigenvalue weighted by Crippen LogP contribution is 2.41. The van der Waals surface area contributed by atoms with E-state index in [-0.39, 0.29) is 11.6 Å². The molecule has 3 rings (SSSR count). The highest BCUT2D eigenvalue weighted by atomic mass is 16.2. The van der Waals surface area contributed by atoms with Crippen LogP contribution in [0.2, 0.25) is 0 Å². The molecule has 1 N–H and O–H groups in total. The van der Waals surface area contributed by atoms with Gasteiger partial charge in [0.1, 0.15) is 0 Å². The van der Waals surface area contributed by atoms with Crippen molar-refractivity contribution in [1.82, 2.24) is 10.2 Å². The van der Waals surface area contributed by atoms with Gasteiger partial charge in [-0.05, 0) is 57.9 Å². The molecule has 0 radical (unpaired) electrons. The molecule has 1 aromatic carbocycles. The van der Waals surface area contributed by atoms with Crippen LogP contribution in [0.3, 0.4) is 0 Å². The topological polar surface area (TPSA) is 38.8 Å². The first-order valence-electron chi connectivity index (χ1n) is 10.1. The lowest BCUT2D eigenvalue weighted by atomic mass is 9.86. The van der Waals surface area contributed by atoms with Crippen molar-refractivity contribution in [2.45, 2.75) is 52.0 Å². The monoisotopic (exact) mass is 358 g/mol. The Morgan fingerprint density at radius 1 is 1.15 bits per heavy atom. The molecule has 2 heterocycles. The molecular weight excluding hydrogens is 324 g/mol. The number of amides is 2. The number of hydrogen-bond acceptors (Lipinski definition) is 3. The lowest BCUT2D eigenvalue weighted by molar-refractivity contribution is 0.237. The quantitative estimate of drug-likeness (QED) is 0.838. The number of nitrogens with one attached hydrogen (secondary N) is 1. The van der Waals surface area contributed by atoms with Gasteiger partial charge in [0, 0.05) is 44.0 Å². The molecule has 0 aromatic heterocycles. The van der Waals surface area contributed by atoms with Gasteiger partial charge in [-0.1, -0.05) is 19.4 Å². The summed E-state index contributed by atoms with van der Waals surface area (Å²) < 4.78 is 0. The second-order valence-electron chi connectivity index (χ2n) is 8.30. The summed E-state index contributed by atoms with van der Waals surface area (Å²) in [5, 5.41) is 3.12. The number of urea groups is 1. The second kappa shape index (κ2) is 7.87. The molecule has 2 aliphatic heterocycles. The molecule has 144 valence electrons. The van der Waals surface area contributed by atoms with Crippen LogP contribution in [0.15, 0.2) is 18.2 Å². The average Bonchev–Trinajstić information content (AvgIpc) is 2.61. The third-order valence-electron chi connectivity index (χ3n) is 5.81. The molecule has 0 unspecified atom stereocenters. The highest BCUT2D eigenvalue weighted by Gasteiger charge is 2.38. The summed E-state index contributed by atoms with van der Waals surface area (Å²) in [6.45, 7) is 11.5. The minimum absolute atomic E-state index is 0.0416. The smallest absolute Gasteiger partial charge is 0.322 e. The maximum atomic E-state index is 13.0. The molecule has 0 aliphatic carbocycles. The van der Waals surface area contributed by atoms with Gasteiger partial charge in [-0.3, -0.25) is 4.90 Å². The summed E-state index contributed by atoms with van der Waals surface area (Å²) in [6.07, 6.45) is 4.14. The Labute approximate surface area is 158 Å². The average molecular weight is 359 g/mol. The van der Waals surface area contributed by atoms with E-state index in [2.05, 4.69) is 61.1 Å². The van der Waals surface area contributed by atoms with Gasteiger partial charge in [-0.15, -0.1) is 0 Å². The zero-order chi connectivity index (χ0) is 18.7. The number of carbonyl (C=O) groups is 1. The molecule has 5 heteroatoms. The van der Waals surface area contributed by atoms with Gasteiger partial charge in [0.05, 0.1) is 5.69 Å². The fraction of sp³-hybridized carbons (Fsp3) is 0.667. The Balaban J connectivity index is 1.89. The van der Waals surface area contributed by atoms with E-state index < -0.39 is 0 Å². The maximum Gasteiger partial charge on any atom is 0.322 e. The van der Waals surface area contributed by atoms with Crippen LogP contribution in [0.1, 0.15) is 45.6 Å². The minimum Gasteiger partial charge on any atom is -0.369 e. The van der Waals surface area contributed by atoms with E-state index in [0.717, 1.165) is 64.1 Å². The number of anilines is 2. The first-order chi connectivity index (χ1) is 12.4. The van der Waals surface area contributed by atoms with Crippen molar-refractivity contribution in [3.05, 3.63) is 23.8 Å². The van der Waals surface area contributed by atoms with Crippen LogP contribution in [0.25, 0.3) is 0 Å². The van der Waals surface area contributed by atoms with Crippen molar-refractivity contribution in [2.24, 2.45) is 0 Å². The first kappa shape index (κ1) is 19.0. The number of nitrogens with zero attached hydrogens (tertiary/aromatic N) is 3. The normalized spacial score (nSPS) is 20.0. The molecule has 2 aliphatic rings. The number of unbranched alkanes of at least 4 members (excludes halogenated alkanes) is 1. The Bertz CT molecular complexity index is 635. The predicted molar refractivity (Wildman–Crippen MR) is 109 cm³/mol. The Morgan fingerprint density at radius 3 is 2.54 bits per heavy atom. The highest BCUT2D eigenvalue weighted by molar-refractivity contribution is 5.96. The first-order valence-corrected chi connectivity index (χ1v) is 10.1. The van der Waals surface area contributed by atoms with Crippen LogP contribution in [0.4, 0.5) is 16.2 Å². The molecule has 0 bridgehead atoms. The molecular formula is C21H34N4O. The summed E-state index contributed by atoms with van der Waals surface area (Å²) >= 11 is 0. The van der Waals surface area contributed by atoms with E-state index in [1.165, 1.54) is 11.3 Å². The van der Waals surface area contributed by atoms with Crippen molar-refractivity contribution in [1.29, 1.82) is 0 Å². The third-order valence-corrected chi connectivity index (χ3v) is 5.81. The van der Waals surface area contributed by atoms with Crippen LogP contribution >= 0.6 is 0 Å². The number of benzene rings is 1. The van der Waals surface area contributed by atoms with Gasteiger partial charge in [-0.25, -0.2) is 4.79 Å². The number of rotatable bonds is 4. The summed E-state index contributed by atoms with van der Waals surface area (Å²) in [7, 11) is 2.18. The fourth-order valence-electron chi connectivity index (χ4n) is 4.08. The maximum absolute atomic E-state index is 13.0. The van der Waals surface area contributed by atoms with E-state index in [4.69, 9.17) is 0 Å². The predicted octanol–water partition coefficient (Wildman–Crippen LogP) is 3.48. The van der Waals surface area contributed by atoms with Crippen molar-refractivity contribution >= 4 is 17.4 Å². The number of fused-ring (bicyclic) bond motifs is 1. The molecule has 5 nitrogen and oxygen atoms in total. The fourth-order valence-corrected chi connectivity index (χ4v) is 4.08. The molecule has 1 fully saturated rings. The number of piperazine rings is 1. The number of likely N-dealkylation sites (N-methyl/N-ethyl adjacent to an activating group) is 1. The van der Waals surface area contributed by atoms with Gasteiger partial charge in [-0.2, -0.15) is 0 Å². The van der Waals surface area contributed by atoms with Crippen molar-refractivity contribution in [3.63, 3.8) is 0 Å². The van der Waals surface area contributed by atoms with E-state index in [0.29, 0.717) is 0 Å². The Hall–Kier alpha value is -1.75. The molecule has 0 spiro atoms. The molecule has 2 amide bonds. The van der Waals surface area contributed by atoms with Crippen LogP contribution < -0.4 is 15.1 Å². The van der Waals surface area contributed by atoms with Crippen molar-refractivity contribution in [2.75, 3.05) is 49.6 Å². The van der Waals surface area contributed by atoms with Crippen LogP contribution in [-0.4, -0.2) is 56.2 Å². The van der Waals surface area contributed by atoms with Crippen molar-refractivity contribution in [3.8, 4) is 0 Å². The number of carbonyl (C=O) groups excluding carboxylic acids is 1. The third kappa shape index (κ3) is 3.83. The van der Waals surface area contributed by atoms with Gasteiger partial charge in [0.15, 0.2) is 0 Å². The van der Waals surface area contributed by atoms with Crippen molar-refractivity contribution < 1.29 is 4.79 Å². The largest absolute Gasteiger partial charge is 0.369 e. The van der Waals surface area contributed by atoms with Crippen LogP contribution in [0, 0.1) is 0 Å². The molecule has 26 heavy (non-hydrogen) atoms. The summed E-state index contributed by atoms with van der Waals surface area (Å²) in [5.74, 6) is 0. The Kier molecular flexibility index (Phi) is 5.76. The molecule has 0 saturated carbocycles. The zero-order valence-corrected chi connectivity index (χ0v) is 16.8. The standard InChI is InChI=1S/C21H34N4O/c1-5-6-12-22-20(26)25-19-9-7-8-18(17(19)10-11-21(25,2)3)24-15-13-23(4)14-16-24/h7-9H,5-6,10-16H2,1-4H3,(H,22,26). The minimum atomic E-state index is -0.163. The van der Waals surface area contributed by atoms with E-state index in [1.54, 1.807) is 0 Å². The lowest BCUT2D eigenvalue weighted by Gasteiger charge is -2.45. The molecule has 1 aromatic rings. The second-order valence-corrected chi connectivity index (χ2v) is 8.30. The van der Waals surface area contributed by atoms with Gasteiger partial charge in [0.2, 0.25) is 0 Å². The SMILES string of the molecule is CCCCNC(=O)N1c2cccc(N3CCN(C)CC3)c2CCC1(C)C. The summed E-state index contributed by atoms with van der Waals surface area (Å²) in [4.78, 5) is 19.8. The van der Waals surface area contributed by atoms with Gasteiger partial charge in [0.25, 0.3) is 0 Å². The number of hydrogen-bond donors (Lipinski definition) is 1. The van der Waals surface area contributed by atoms with E-state index in [1.807, 2.05) is 4.90 Å². The van der Waals surface area contributed by atoms with Crippen LogP contribution in [0.5, 0.6) is 0 Å². The van der Waals surface area contributed by atoms with Crippen LogP contribution in [-0.2, 0) is 6.42 Å². The van der Waals surface area contributed by atoms with Gasteiger partial charge < -0.3 is 15.1 Å². The van der Waals surface area contributed by atoms with Gasteiger partial charge >= 0.3 is 6.03 Å². The lowest BCUT2D eigenvalue weighted by Crippen LogP contribution is -2.55. The molecule has 1 saturated heterocycles. The summed E-state index contributed by atoms with van der Waals surface area (Å²) in [5.41, 5.74) is 3.58.